The molecule has 4 heteroatoms. The van der Waals surface area contributed by atoms with Crippen molar-refractivity contribution in [3.05, 3.63) is 35.9 Å². The highest BCUT2D eigenvalue weighted by molar-refractivity contribution is 5.81. The monoisotopic (exact) mass is 207 g/mol. The molecule has 0 fully saturated rings. The predicted octanol–water partition coefficient (Wildman–Crippen LogP) is -0.0211. The lowest BCUT2D eigenvalue weighted by molar-refractivity contribution is -0.122. The van der Waals surface area contributed by atoms with Crippen LogP contribution in [0.25, 0.3) is 0 Å². The van der Waals surface area contributed by atoms with Gasteiger partial charge in [-0.05, 0) is 18.5 Å². The van der Waals surface area contributed by atoms with Crippen LogP contribution in [0.3, 0.4) is 0 Å². The Hall–Kier alpha value is -1.39. The highest BCUT2D eigenvalue weighted by Crippen LogP contribution is 1.97. The summed E-state index contributed by atoms with van der Waals surface area (Å²) in [4.78, 5) is 11.4. The zero-order valence-corrected chi connectivity index (χ0v) is 8.65. The minimum atomic E-state index is -0.501. The van der Waals surface area contributed by atoms with Crippen LogP contribution in [-0.2, 0) is 11.3 Å². The third-order valence-corrected chi connectivity index (χ3v) is 2.12. The van der Waals surface area contributed by atoms with E-state index in [4.69, 9.17) is 11.5 Å². The minimum absolute atomic E-state index is 0.149. The van der Waals surface area contributed by atoms with Gasteiger partial charge in [0.2, 0.25) is 5.91 Å². The van der Waals surface area contributed by atoms with Crippen molar-refractivity contribution in [3.8, 4) is 0 Å². The molecule has 4 nitrogen and oxygen atoms in total. The van der Waals surface area contributed by atoms with Gasteiger partial charge in [0.1, 0.15) is 0 Å². The van der Waals surface area contributed by atoms with Crippen molar-refractivity contribution in [2.24, 2.45) is 11.5 Å². The Kier molecular flexibility index (Phi) is 4.80. The molecule has 0 aliphatic heterocycles. The third-order valence-electron chi connectivity index (χ3n) is 2.12. The van der Waals surface area contributed by atoms with Gasteiger partial charge in [0.15, 0.2) is 0 Å². The fourth-order valence-corrected chi connectivity index (χ4v) is 1.23. The Morgan fingerprint density at radius 2 is 2.00 bits per heavy atom. The van der Waals surface area contributed by atoms with E-state index in [1.807, 2.05) is 30.3 Å². The van der Waals surface area contributed by atoms with E-state index in [9.17, 15) is 4.79 Å². The first-order valence-electron chi connectivity index (χ1n) is 5.01. The number of nitrogens with one attached hydrogen (secondary N) is 1. The zero-order chi connectivity index (χ0) is 11.1. The van der Waals surface area contributed by atoms with Gasteiger partial charge in [-0.25, -0.2) is 0 Å². The van der Waals surface area contributed by atoms with Crippen molar-refractivity contribution < 1.29 is 4.79 Å². The van der Waals surface area contributed by atoms with Crippen molar-refractivity contribution >= 4 is 5.91 Å². The van der Waals surface area contributed by atoms with Crippen LogP contribution in [-0.4, -0.2) is 18.5 Å². The standard InChI is InChI=1S/C11H17N3O/c12-7-6-10(13)11(15)14-8-9-4-2-1-3-5-9/h1-5,10H,6-8,12-13H2,(H,14,15)/t10-/m0/s1. The van der Waals surface area contributed by atoms with Crippen LogP contribution in [0.5, 0.6) is 0 Å². The maximum Gasteiger partial charge on any atom is 0.237 e. The number of nitrogens with two attached hydrogens (primary N) is 2. The summed E-state index contributed by atoms with van der Waals surface area (Å²) >= 11 is 0. The molecule has 1 atom stereocenters. The quantitative estimate of drug-likeness (QED) is 0.634. The average molecular weight is 207 g/mol. The Morgan fingerprint density at radius 3 is 2.60 bits per heavy atom. The largest absolute Gasteiger partial charge is 0.351 e. The number of carbonyl (C=O) groups excluding carboxylic acids is 1. The molecule has 0 aliphatic carbocycles. The van der Waals surface area contributed by atoms with Crippen LogP contribution in [0.1, 0.15) is 12.0 Å². The topological polar surface area (TPSA) is 81.1 Å². The highest BCUT2D eigenvalue weighted by atomic mass is 16.2. The van der Waals surface area contributed by atoms with Crippen molar-refractivity contribution in [2.75, 3.05) is 6.54 Å². The van der Waals surface area contributed by atoms with Crippen LogP contribution in [0.15, 0.2) is 30.3 Å². The lowest BCUT2D eigenvalue weighted by Crippen LogP contribution is -2.41. The molecule has 0 spiro atoms. The fraction of sp³-hybridized carbons (Fsp3) is 0.364. The molecule has 0 unspecified atom stereocenters. The maximum absolute atomic E-state index is 11.4. The lowest BCUT2D eigenvalue weighted by atomic mass is 10.2. The van der Waals surface area contributed by atoms with E-state index in [2.05, 4.69) is 5.32 Å². The predicted molar refractivity (Wildman–Crippen MR) is 59.9 cm³/mol. The summed E-state index contributed by atoms with van der Waals surface area (Å²) in [6.45, 7) is 0.942. The second-order valence-electron chi connectivity index (χ2n) is 3.39. The summed E-state index contributed by atoms with van der Waals surface area (Å²) in [5, 5.41) is 2.76. The maximum atomic E-state index is 11.4. The SMILES string of the molecule is NCC[C@H](N)C(=O)NCc1ccccc1. The van der Waals surface area contributed by atoms with Crippen LogP contribution in [0.2, 0.25) is 0 Å². The first kappa shape index (κ1) is 11.7. The van der Waals surface area contributed by atoms with Gasteiger partial charge in [0, 0.05) is 6.54 Å². The molecule has 0 heterocycles. The van der Waals surface area contributed by atoms with Crippen LogP contribution in [0, 0.1) is 0 Å². The number of benzene rings is 1. The number of rotatable bonds is 5. The van der Waals surface area contributed by atoms with Crippen LogP contribution in [0.4, 0.5) is 0 Å². The Labute approximate surface area is 89.6 Å². The molecule has 0 bridgehead atoms. The van der Waals surface area contributed by atoms with Crippen molar-refractivity contribution in [2.45, 2.75) is 19.0 Å². The van der Waals surface area contributed by atoms with E-state index in [0.717, 1.165) is 5.56 Å². The second-order valence-corrected chi connectivity index (χ2v) is 3.39. The van der Waals surface area contributed by atoms with E-state index in [1.54, 1.807) is 0 Å². The molecule has 82 valence electrons. The summed E-state index contributed by atoms with van der Waals surface area (Å²) in [6, 6.07) is 9.20. The molecule has 5 N–H and O–H groups in total. The van der Waals surface area contributed by atoms with Crippen LogP contribution >= 0.6 is 0 Å². The molecule has 0 radical (unpaired) electrons. The van der Waals surface area contributed by atoms with Gasteiger partial charge in [0.25, 0.3) is 0 Å². The number of hydrogen-bond acceptors (Lipinski definition) is 3. The van der Waals surface area contributed by atoms with Crippen molar-refractivity contribution in [1.82, 2.24) is 5.32 Å². The molecule has 0 aromatic heterocycles. The number of carbonyl (C=O) groups is 1. The molecule has 1 aromatic rings. The van der Waals surface area contributed by atoms with E-state index >= 15 is 0 Å². The molecule has 15 heavy (non-hydrogen) atoms. The normalized spacial score (nSPS) is 12.1. The molecule has 0 saturated heterocycles. The fourth-order valence-electron chi connectivity index (χ4n) is 1.23. The van der Waals surface area contributed by atoms with Gasteiger partial charge in [-0.2, -0.15) is 0 Å². The first-order valence-corrected chi connectivity index (χ1v) is 5.01. The molecule has 1 amide bonds. The van der Waals surface area contributed by atoms with E-state index in [0.29, 0.717) is 19.5 Å². The van der Waals surface area contributed by atoms with Gasteiger partial charge in [-0.3, -0.25) is 4.79 Å². The zero-order valence-electron chi connectivity index (χ0n) is 8.65. The minimum Gasteiger partial charge on any atom is -0.351 e. The highest BCUT2D eigenvalue weighted by Gasteiger charge is 2.11. The van der Waals surface area contributed by atoms with Crippen LogP contribution < -0.4 is 16.8 Å². The van der Waals surface area contributed by atoms with Crippen molar-refractivity contribution in [1.29, 1.82) is 0 Å². The second kappa shape index (κ2) is 6.16. The smallest absolute Gasteiger partial charge is 0.237 e. The number of amides is 1. The van der Waals surface area contributed by atoms with Gasteiger partial charge < -0.3 is 16.8 Å². The molecule has 0 saturated carbocycles. The first-order chi connectivity index (χ1) is 7.24. The Bertz CT molecular complexity index is 300. The van der Waals surface area contributed by atoms with E-state index in [1.165, 1.54) is 0 Å². The van der Waals surface area contributed by atoms with E-state index < -0.39 is 6.04 Å². The third kappa shape index (κ3) is 4.10. The lowest BCUT2D eigenvalue weighted by Gasteiger charge is -2.10. The Morgan fingerprint density at radius 1 is 1.33 bits per heavy atom. The summed E-state index contributed by atoms with van der Waals surface area (Å²) in [5.74, 6) is -0.149. The summed E-state index contributed by atoms with van der Waals surface area (Å²) < 4.78 is 0. The molecule has 1 aromatic carbocycles. The van der Waals surface area contributed by atoms with Gasteiger partial charge in [-0.1, -0.05) is 30.3 Å². The molecule has 0 aliphatic rings. The van der Waals surface area contributed by atoms with E-state index in [-0.39, 0.29) is 5.91 Å². The molecular weight excluding hydrogens is 190 g/mol. The Balaban J connectivity index is 2.34. The van der Waals surface area contributed by atoms with Gasteiger partial charge in [0.05, 0.1) is 6.04 Å². The molecular formula is C11H17N3O. The van der Waals surface area contributed by atoms with Crippen molar-refractivity contribution in [3.63, 3.8) is 0 Å². The van der Waals surface area contributed by atoms with Gasteiger partial charge >= 0.3 is 0 Å². The summed E-state index contributed by atoms with van der Waals surface area (Å²) in [5.41, 5.74) is 12.0. The summed E-state index contributed by atoms with van der Waals surface area (Å²) in [7, 11) is 0. The number of hydrogen-bond donors (Lipinski definition) is 3. The van der Waals surface area contributed by atoms with Gasteiger partial charge in [-0.15, -0.1) is 0 Å². The average Bonchev–Trinajstić information content (AvgIpc) is 2.27. The summed E-state index contributed by atoms with van der Waals surface area (Å²) in [6.07, 6.45) is 0.515. The molecule has 1 rings (SSSR count).